The summed E-state index contributed by atoms with van der Waals surface area (Å²) in [7, 11) is -14.2. The maximum atomic E-state index is 6.28. The summed E-state index contributed by atoms with van der Waals surface area (Å²) in [4.78, 5) is 0. The average Bonchev–Trinajstić information content (AvgIpc) is 2.58. The summed E-state index contributed by atoms with van der Waals surface area (Å²) in [5.41, 5.74) is 1.31. The molecule has 2 unspecified atom stereocenters. The molecule has 0 aromatic rings. The van der Waals surface area contributed by atoms with Gasteiger partial charge in [0.25, 0.3) is 27.9 Å². The van der Waals surface area contributed by atoms with E-state index in [1.54, 1.807) is 0 Å². The lowest BCUT2D eigenvalue weighted by Gasteiger charge is -2.44. The molecule has 2 saturated heterocycles. The van der Waals surface area contributed by atoms with Gasteiger partial charge < -0.3 is 32.9 Å². The van der Waals surface area contributed by atoms with E-state index in [0.29, 0.717) is 16.6 Å². The highest BCUT2D eigenvalue weighted by Gasteiger charge is 2.48. The van der Waals surface area contributed by atoms with E-state index < -0.39 is 72.1 Å². The fraction of sp³-hybridized carbons (Fsp3) is 1.00. The molecule has 0 saturated carbocycles. The van der Waals surface area contributed by atoms with Gasteiger partial charge in [-0.3, -0.25) is 0 Å². The molecule has 2 rings (SSSR count). The van der Waals surface area contributed by atoms with E-state index in [1.807, 2.05) is 0 Å². The minimum absolute atomic E-state index is 0.430. The minimum atomic E-state index is -2.12. The molecule has 8 nitrogen and oxygen atoms in total. The Balaban J connectivity index is 0.000000335. The molecule has 33 heavy (non-hydrogen) atoms. The van der Waals surface area contributed by atoms with Crippen LogP contribution in [0.1, 0.15) is 41.5 Å². The van der Waals surface area contributed by atoms with Crippen molar-refractivity contribution in [1.82, 2.24) is 0 Å². The normalized spacial score (nSPS) is 43.4. The quantitative estimate of drug-likeness (QED) is 0.449. The molecule has 0 bridgehead atoms. The minimum Gasteiger partial charge on any atom is -0.420 e. The van der Waals surface area contributed by atoms with Crippen LogP contribution in [0.3, 0.4) is 0 Å². The third-order valence-electron chi connectivity index (χ3n) is 6.31. The molecule has 2 aliphatic heterocycles. The van der Waals surface area contributed by atoms with Gasteiger partial charge in [-0.1, -0.05) is 41.5 Å². The van der Waals surface area contributed by atoms with Crippen LogP contribution in [0.2, 0.25) is 69.0 Å². The first-order valence-corrected chi connectivity index (χ1v) is 30.0. The molecular formula is C17H50O8Si8. The van der Waals surface area contributed by atoms with E-state index in [-0.39, 0.29) is 0 Å². The Kier molecular flexibility index (Phi) is 13.1. The zero-order valence-electron chi connectivity index (χ0n) is 23.4. The third-order valence-corrected chi connectivity index (χ3v) is 37.9. The second-order valence-electron chi connectivity index (χ2n) is 10.3. The van der Waals surface area contributed by atoms with Gasteiger partial charge in [0.1, 0.15) is 0 Å². The Morgan fingerprint density at radius 2 is 0.606 bits per heavy atom. The largest absolute Gasteiger partial charge is 0.420 e. The van der Waals surface area contributed by atoms with Crippen molar-refractivity contribution in [3.8, 4) is 0 Å². The fourth-order valence-electron chi connectivity index (χ4n) is 3.55. The highest BCUT2D eigenvalue weighted by Crippen LogP contribution is 2.32. The van der Waals surface area contributed by atoms with Crippen LogP contribution in [0.15, 0.2) is 0 Å². The fourth-order valence-corrected chi connectivity index (χ4v) is 35.9. The maximum absolute atomic E-state index is 6.28. The van der Waals surface area contributed by atoms with Crippen LogP contribution in [0.4, 0.5) is 0 Å². The number of rotatable bonds is 3. The van der Waals surface area contributed by atoms with Crippen molar-refractivity contribution in [2.45, 2.75) is 111 Å². The first-order chi connectivity index (χ1) is 14.9. The lowest BCUT2D eigenvalue weighted by Crippen LogP contribution is -2.59. The SMILES string of the molecule is CC(C)[Si]1(C)O[SiH](C)O[SiH](C)O[SiH](C)O1.CC(C)[Si]1(C)O[SiH](C)O[Si](C)(C(C)C)O[SiH](C)O1. The zero-order valence-corrected chi connectivity index (χ0v) is 32.2. The molecule has 0 aliphatic carbocycles. The standard InChI is InChI=1S/C10H28O4Si4.C7H22O4Si4/c1-9(2)17(7)11-15(5)13-18(8,10(3)4)14-16(6)12-17;1-7(2)15(6)10-13(4)8-12(3)9-14(5)11-15/h9-10,15-16H,1-8H3;7,12-14H,1-6H3. The van der Waals surface area contributed by atoms with Crippen molar-refractivity contribution in [3.63, 3.8) is 0 Å². The van der Waals surface area contributed by atoms with Crippen LogP contribution in [0.5, 0.6) is 0 Å². The highest BCUT2D eigenvalue weighted by molar-refractivity contribution is 6.86. The Bertz CT molecular complexity index is 547. The van der Waals surface area contributed by atoms with Gasteiger partial charge in [-0.2, -0.15) is 0 Å². The lowest BCUT2D eigenvalue weighted by molar-refractivity contribution is 0.247. The van der Waals surface area contributed by atoms with Crippen molar-refractivity contribution >= 4 is 72.1 Å². The van der Waals surface area contributed by atoms with E-state index in [1.165, 1.54) is 0 Å². The molecule has 2 fully saturated rings. The molecule has 0 spiro atoms. The number of hydrogen-bond acceptors (Lipinski definition) is 8. The van der Waals surface area contributed by atoms with Gasteiger partial charge in [0.15, 0.2) is 0 Å². The van der Waals surface area contributed by atoms with Gasteiger partial charge in [-0.15, -0.1) is 0 Å². The molecular weight excluding hydrogens is 557 g/mol. The summed E-state index contributed by atoms with van der Waals surface area (Å²) in [6.45, 7) is 29.9. The van der Waals surface area contributed by atoms with Crippen molar-refractivity contribution in [1.29, 1.82) is 0 Å². The first-order valence-electron chi connectivity index (χ1n) is 12.3. The van der Waals surface area contributed by atoms with Crippen molar-refractivity contribution in [3.05, 3.63) is 0 Å². The summed E-state index contributed by atoms with van der Waals surface area (Å²) >= 11 is 0. The van der Waals surface area contributed by atoms with Crippen LogP contribution in [0.25, 0.3) is 0 Å². The van der Waals surface area contributed by atoms with E-state index in [0.717, 1.165) is 0 Å². The molecule has 0 aromatic heterocycles. The van der Waals surface area contributed by atoms with Gasteiger partial charge in [-0.05, 0) is 69.0 Å². The predicted octanol–water partition coefficient (Wildman–Crippen LogP) is 3.83. The van der Waals surface area contributed by atoms with Gasteiger partial charge in [0.2, 0.25) is 0 Å². The highest BCUT2D eigenvalue weighted by atomic mass is 28.5. The Labute approximate surface area is 214 Å². The molecule has 0 amide bonds. The zero-order chi connectivity index (χ0) is 25.8. The molecule has 0 aromatic carbocycles. The molecule has 2 aliphatic rings. The molecule has 0 radical (unpaired) electrons. The van der Waals surface area contributed by atoms with Crippen LogP contribution in [0, 0.1) is 0 Å². The van der Waals surface area contributed by atoms with E-state index in [9.17, 15) is 0 Å². The van der Waals surface area contributed by atoms with Crippen molar-refractivity contribution < 1.29 is 32.9 Å². The number of hydrogen-bond donors (Lipinski definition) is 0. The molecule has 0 N–H and O–H groups in total. The summed E-state index contributed by atoms with van der Waals surface area (Å²) in [6.07, 6.45) is 0. The van der Waals surface area contributed by atoms with Gasteiger partial charge in [0, 0.05) is 0 Å². The summed E-state index contributed by atoms with van der Waals surface area (Å²) in [5.74, 6) is 0. The Morgan fingerprint density at radius 3 is 0.818 bits per heavy atom. The van der Waals surface area contributed by atoms with Gasteiger partial charge in [-0.25, -0.2) is 0 Å². The summed E-state index contributed by atoms with van der Waals surface area (Å²) in [5, 5.41) is 0. The molecule has 2 atom stereocenters. The molecule has 198 valence electrons. The monoisotopic (exact) mass is 606 g/mol. The van der Waals surface area contributed by atoms with E-state index >= 15 is 0 Å². The van der Waals surface area contributed by atoms with Crippen molar-refractivity contribution in [2.24, 2.45) is 0 Å². The van der Waals surface area contributed by atoms with Gasteiger partial charge >= 0.3 is 44.3 Å². The summed E-state index contributed by atoms with van der Waals surface area (Å²) < 4.78 is 49.0. The summed E-state index contributed by atoms with van der Waals surface area (Å²) in [6, 6.07) is 0. The third kappa shape index (κ3) is 10.0. The van der Waals surface area contributed by atoms with Crippen LogP contribution in [-0.4, -0.2) is 72.1 Å². The molecule has 2 heterocycles. The van der Waals surface area contributed by atoms with Crippen LogP contribution >= 0.6 is 0 Å². The van der Waals surface area contributed by atoms with Gasteiger partial charge in [0.05, 0.1) is 0 Å². The molecule has 16 heteroatoms. The first kappa shape index (κ1) is 32.4. The van der Waals surface area contributed by atoms with E-state index in [4.69, 9.17) is 32.9 Å². The van der Waals surface area contributed by atoms with Crippen LogP contribution < -0.4 is 0 Å². The Hall–Kier alpha value is 1.42. The van der Waals surface area contributed by atoms with Crippen molar-refractivity contribution in [2.75, 3.05) is 0 Å². The average molecular weight is 607 g/mol. The predicted molar refractivity (Wildman–Crippen MR) is 154 cm³/mol. The lowest BCUT2D eigenvalue weighted by atomic mass is 10.6. The van der Waals surface area contributed by atoms with Crippen LogP contribution in [-0.2, 0) is 32.9 Å². The smallest absolute Gasteiger partial charge is 0.319 e. The van der Waals surface area contributed by atoms with E-state index in [2.05, 4.69) is 93.9 Å². The second-order valence-corrected chi connectivity index (χ2v) is 33.4. The second kappa shape index (κ2) is 13.3. The maximum Gasteiger partial charge on any atom is 0.319 e. The topological polar surface area (TPSA) is 73.8 Å². The Morgan fingerprint density at radius 1 is 0.394 bits per heavy atom.